The Balaban J connectivity index is 2.75. The molecule has 0 aromatic carbocycles. The molecule has 1 radical (unpaired) electrons. The predicted octanol–water partition coefficient (Wildman–Crippen LogP) is -0.102. The van der Waals surface area contributed by atoms with Gasteiger partial charge in [0.05, 0.1) is 0 Å². The van der Waals surface area contributed by atoms with E-state index in [1.807, 2.05) is 6.92 Å². The molecule has 0 aliphatic carbocycles. The second-order valence-electron chi connectivity index (χ2n) is 1.49. The number of hydrogen-bond acceptors (Lipinski definition) is 1. The van der Waals surface area contributed by atoms with Crippen LogP contribution in [-0.2, 0) is 0 Å². The number of rotatable bonds is 2. The molecule has 0 amide bonds. The summed E-state index contributed by atoms with van der Waals surface area (Å²) in [5.74, 6) is 0.157. The molecule has 0 bridgehead atoms. The topological polar surface area (TPSA) is 44.0 Å². The van der Waals surface area contributed by atoms with E-state index in [0.29, 0.717) is 6.54 Å². The van der Waals surface area contributed by atoms with Gasteiger partial charge in [0, 0.05) is 13.2 Å². The Morgan fingerprint density at radius 3 is 2.33 bits per heavy atom. The fraction of sp³-hybridized carbons (Fsp3) is 1.00. The van der Waals surface area contributed by atoms with Crippen molar-refractivity contribution in [1.82, 2.24) is 5.73 Å². The predicted molar refractivity (Wildman–Crippen MR) is 24.2 cm³/mol. The van der Waals surface area contributed by atoms with Crippen LogP contribution in [0.25, 0.3) is 0 Å². The van der Waals surface area contributed by atoms with Gasteiger partial charge in [0.2, 0.25) is 0 Å². The van der Waals surface area contributed by atoms with Gasteiger partial charge < -0.3 is 5.11 Å². The van der Waals surface area contributed by atoms with Crippen LogP contribution in [0.5, 0.6) is 0 Å². The molecule has 0 saturated heterocycles. The standard InChI is InChI=1S/C4H10NO/c1-4(2-5)3-6/h4-6H,2-3H2,1H3. The largest absolute Gasteiger partial charge is 0.396 e. The number of hydrogen-bond donors (Lipinski definition) is 1. The first kappa shape index (κ1) is 5.92. The molecule has 0 aliphatic rings. The van der Waals surface area contributed by atoms with Crippen molar-refractivity contribution in [3.05, 3.63) is 0 Å². The van der Waals surface area contributed by atoms with Gasteiger partial charge in [-0.05, 0) is 5.92 Å². The molecule has 6 heavy (non-hydrogen) atoms. The molecule has 37 valence electrons. The van der Waals surface area contributed by atoms with Gasteiger partial charge in [-0.25, -0.2) is 0 Å². The van der Waals surface area contributed by atoms with Gasteiger partial charge >= 0.3 is 0 Å². The lowest BCUT2D eigenvalue weighted by Crippen LogP contribution is -2.05. The van der Waals surface area contributed by atoms with E-state index in [4.69, 9.17) is 10.8 Å². The van der Waals surface area contributed by atoms with Crippen molar-refractivity contribution < 1.29 is 5.11 Å². The molecule has 0 aromatic heterocycles. The van der Waals surface area contributed by atoms with Gasteiger partial charge in [0.25, 0.3) is 0 Å². The SMILES string of the molecule is CC(C[NH])CO. The maximum atomic E-state index is 8.21. The lowest BCUT2D eigenvalue weighted by molar-refractivity contribution is 0.240. The summed E-state index contributed by atoms with van der Waals surface area (Å²) in [6, 6.07) is 0. The van der Waals surface area contributed by atoms with Crippen molar-refractivity contribution in [2.24, 2.45) is 5.92 Å². The van der Waals surface area contributed by atoms with E-state index in [0.717, 1.165) is 0 Å². The zero-order chi connectivity index (χ0) is 4.99. The van der Waals surface area contributed by atoms with Gasteiger partial charge in [-0.15, -0.1) is 0 Å². The Hall–Kier alpha value is -0.0800. The van der Waals surface area contributed by atoms with E-state index in [1.165, 1.54) is 0 Å². The molecular formula is C4H10NO. The maximum Gasteiger partial charge on any atom is 0.0469 e. The Bertz CT molecular complexity index is 26.7. The van der Waals surface area contributed by atoms with Crippen LogP contribution < -0.4 is 5.73 Å². The van der Waals surface area contributed by atoms with E-state index < -0.39 is 0 Å². The summed E-state index contributed by atoms with van der Waals surface area (Å²) >= 11 is 0. The van der Waals surface area contributed by atoms with Crippen molar-refractivity contribution in [3.8, 4) is 0 Å². The van der Waals surface area contributed by atoms with E-state index in [1.54, 1.807) is 0 Å². The van der Waals surface area contributed by atoms with Crippen LogP contribution in [0.1, 0.15) is 6.92 Å². The second-order valence-corrected chi connectivity index (χ2v) is 1.49. The van der Waals surface area contributed by atoms with Gasteiger partial charge in [0.15, 0.2) is 0 Å². The molecule has 0 aliphatic heterocycles. The number of nitrogens with one attached hydrogen (secondary N) is 1. The minimum absolute atomic E-state index is 0.142. The summed E-state index contributed by atoms with van der Waals surface area (Å²) < 4.78 is 0. The van der Waals surface area contributed by atoms with Crippen LogP contribution in [0.4, 0.5) is 0 Å². The van der Waals surface area contributed by atoms with Crippen molar-refractivity contribution in [2.75, 3.05) is 13.2 Å². The molecule has 1 atom stereocenters. The fourth-order valence-corrected chi connectivity index (χ4v) is 0.0645. The lowest BCUT2D eigenvalue weighted by atomic mass is 10.2. The summed E-state index contributed by atoms with van der Waals surface area (Å²) in [5, 5.41) is 8.21. The summed E-state index contributed by atoms with van der Waals surface area (Å²) in [6.45, 7) is 2.31. The van der Waals surface area contributed by atoms with Crippen LogP contribution in [-0.4, -0.2) is 18.3 Å². The van der Waals surface area contributed by atoms with Crippen molar-refractivity contribution in [1.29, 1.82) is 0 Å². The third-order valence-corrected chi connectivity index (χ3v) is 0.660. The normalized spacial score (nSPS) is 14.5. The molecule has 0 rings (SSSR count). The van der Waals surface area contributed by atoms with E-state index >= 15 is 0 Å². The van der Waals surface area contributed by atoms with Crippen LogP contribution in [0.3, 0.4) is 0 Å². The van der Waals surface area contributed by atoms with Crippen molar-refractivity contribution in [3.63, 3.8) is 0 Å². The Kier molecular flexibility index (Phi) is 3.08. The zero-order valence-electron chi connectivity index (χ0n) is 3.94. The summed E-state index contributed by atoms with van der Waals surface area (Å²) in [5.41, 5.74) is 6.65. The third-order valence-electron chi connectivity index (χ3n) is 0.660. The molecule has 2 N–H and O–H groups in total. The Morgan fingerprint density at radius 2 is 2.33 bits per heavy atom. The quantitative estimate of drug-likeness (QED) is 0.503. The van der Waals surface area contributed by atoms with E-state index in [9.17, 15) is 0 Å². The molecule has 0 spiro atoms. The molecule has 0 fully saturated rings. The summed E-state index contributed by atoms with van der Waals surface area (Å²) in [7, 11) is 0. The average molecular weight is 88.1 g/mol. The van der Waals surface area contributed by atoms with Crippen molar-refractivity contribution >= 4 is 0 Å². The van der Waals surface area contributed by atoms with Crippen LogP contribution in [0.15, 0.2) is 0 Å². The highest BCUT2D eigenvalue weighted by molar-refractivity contribution is 4.45. The molecule has 1 unspecified atom stereocenters. The fourth-order valence-electron chi connectivity index (χ4n) is 0.0645. The van der Waals surface area contributed by atoms with Crippen molar-refractivity contribution in [2.45, 2.75) is 6.92 Å². The smallest absolute Gasteiger partial charge is 0.0469 e. The van der Waals surface area contributed by atoms with E-state index in [2.05, 4.69) is 0 Å². The molecule has 0 aromatic rings. The third kappa shape index (κ3) is 2.18. The average Bonchev–Trinajstić information content (AvgIpc) is 1.65. The Morgan fingerprint density at radius 1 is 1.83 bits per heavy atom. The first-order chi connectivity index (χ1) is 2.81. The minimum atomic E-state index is 0.142. The monoisotopic (exact) mass is 88.1 g/mol. The van der Waals surface area contributed by atoms with Crippen LogP contribution in [0.2, 0.25) is 0 Å². The second kappa shape index (κ2) is 3.12. The zero-order valence-corrected chi connectivity index (χ0v) is 3.94. The molecular weight excluding hydrogens is 78.0 g/mol. The highest BCUT2D eigenvalue weighted by atomic mass is 16.3. The van der Waals surface area contributed by atoms with Crippen LogP contribution >= 0.6 is 0 Å². The first-order valence-corrected chi connectivity index (χ1v) is 2.06. The summed E-state index contributed by atoms with van der Waals surface area (Å²) in [6.07, 6.45) is 0. The highest BCUT2D eigenvalue weighted by Gasteiger charge is 1.91. The van der Waals surface area contributed by atoms with E-state index in [-0.39, 0.29) is 12.5 Å². The molecule has 2 nitrogen and oxygen atoms in total. The number of aliphatic hydroxyl groups is 1. The van der Waals surface area contributed by atoms with Gasteiger partial charge in [-0.3, -0.25) is 5.73 Å². The first-order valence-electron chi connectivity index (χ1n) is 2.06. The lowest BCUT2D eigenvalue weighted by Gasteiger charge is -1.97. The van der Waals surface area contributed by atoms with Gasteiger partial charge in [-0.2, -0.15) is 0 Å². The maximum absolute atomic E-state index is 8.21. The minimum Gasteiger partial charge on any atom is -0.396 e. The Labute approximate surface area is 38.0 Å². The van der Waals surface area contributed by atoms with Gasteiger partial charge in [0.1, 0.15) is 0 Å². The molecule has 0 heterocycles. The molecule has 0 saturated carbocycles. The highest BCUT2D eigenvalue weighted by Crippen LogP contribution is 1.84. The number of aliphatic hydroxyl groups excluding tert-OH is 1. The summed E-state index contributed by atoms with van der Waals surface area (Å²) in [4.78, 5) is 0. The van der Waals surface area contributed by atoms with Crippen LogP contribution in [0, 0.1) is 5.92 Å². The molecule has 2 heteroatoms. The van der Waals surface area contributed by atoms with Gasteiger partial charge in [-0.1, -0.05) is 6.92 Å².